The maximum absolute atomic E-state index is 12.9. The van der Waals surface area contributed by atoms with Crippen LogP contribution >= 0.6 is 0 Å². The van der Waals surface area contributed by atoms with E-state index >= 15 is 0 Å². The Morgan fingerprint density at radius 2 is 2.00 bits per heavy atom. The lowest BCUT2D eigenvalue weighted by molar-refractivity contribution is -0.137. The topological polar surface area (TPSA) is 49.3 Å². The molecule has 0 radical (unpaired) electrons. The first-order valence-corrected chi connectivity index (χ1v) is 7.77. The molecule has 0 spiro atoms. The number of aliphatic carboxylic acids is 1. The molecule has 4 heteroatoms. The second-order valence-corrected chi connectivity index (χ2v) is 6.16. The zero-order valence-electron chi connectivity index (χ0n) is 12.5. The van der Waals surface area contributed by atoms with E-state index in [1.54, 1.807) is 12.1 Å². The van der Waals surface area contributed by atoms with Crippen molar-refractivity contribution in [2.24, 2.45) is 5.92 Å². The number of hydrogen-bond donors (Lipinski definition) is 2. The van der Waals surface area contributed by atoms with Crippen LogP contribution in [-0.2, 0) is 11.2 Å². The minimum atomic E-state index is -0.793. The summed E-state index contributed by atoms with van der Waals surface area (Å²) in [6, 6.07) is 6.61. The SMILES string of the molecule is CC1CCCCC1NC(CC(=O)O)Cc1ccc(F)cc1. The third-order valence-electron chi connectivity index (χ3n) is 4.38. The molecule has 1 aromatic rings. The highest BCUT2D eigenvalue weighted by molar-refractivity contribution is 5.67. The highest BCUT2D eigenvalue weighted by atomic mass is 19.1. The lowest BCUT2D eigenvalue weighted by Crippen LogP contribution is -2.45. The highest BCUT2D eigenvalue weighted by Gasteiger charge is 2.25. The van der Waals surface area contributed by atoms with Crippen molar-refractivity contribution in [1.29, 1.82) is 0 Å². The van der Waals surface area contributed by atoms with Gasteiger partial charge in [-0.05, 0) is 42.9 Å². The Hall–Kier alpha value is -1.42. The van der Waals surface area contributed by atoms with Crippen LogP contribution in [0.2, 0.25) is 0 Å². The Bertz CT molecular complexity index is 460. The van der Waals surface area contributed by atoms with Crippen molar-refractivity contribution >= 4 is 5.97 Å². The summed E-state index contributed by atoms with van der Waals surface area (Å²) in [6.45, 7) is 2.23. The Labute approximate surface area is 125 Å². The summed E-state index contributed by atoms with van der Waals surface area (Å²) in [5, 5.41) is 12.6. The van der Waals surface area contributed by atoms with Crippen molar-refractivity contribution in [3.63, 3.8) is 0 Å². The first kappa shape index (κ1) is 16.0. The number of carboxylic acids is 1. The van der Waals surface area contributed by atoms with E-state index in [0.29, 0.717) is 18.4 Å². The third kappa shape index (κ3) is 5.12. The Balaban J connectivity index is 1.99. The molecule has 21 heavy (non-hydrogen) atoms. The molecule has 0 saturated heterocycles. The molecular weight excluding hydrogens is 269 g/mol. The Morgan fingerprint density at radius 1 is 1.33 bits per heavy atom. The van der Waals surface area contributed by atoms with E-state index in [-0.39, 0.29) is 18.3 Å². The summed E-state index contributed by atoms with van der Waals surface area (Å²) in [5.41, 5.74) is 0.971. The van der Waals surface area contributed by atoms with Gasteiger partial charge in [-0.25, -0.2) is 4.39 Å². The minimum Gasteiger partial charge on any atom is -0.481 e. The molecule has 3 nitrogen and oxygen atoms in total. The number of halogens is 1. The van der Waals surface area contributed by atoms with Crippen LogP contribution < -0.4 is 5.32 Å². The van der Waals surface area contributed by atoms with Crippen molar-refractivity contribution in [2.75, 3.05) is 0 Å². The smallest absolute Gasteiger partial charge is 0.304 e. The van der Waals surface area contributed by atoms with Crippen LogP contribution in [0.25, 0.3) is 0 Å². The maximum Gasteiger partial charge on any atom is 0.304 e. The molecule has 3 atom stereocenters. The third-order valence-corrected chi connectivity index (χ3v) is 4.38. The zero-order valence-corrected chi connectivity index (χ0v) is 12.5. The van der Waals surface area contributed by atoms with Crippen molar-refractivity contribution < 1.29 is 14.3 Å². The fourth-order valence-electron chi connectivity index (χ4n) is 3.17. The molecule has 1 aromatic carbocycles. The number of benzene rings is 1. The molecule has 1 saturated carbocycles. The van der Waals surface area contributed by atoms with E-state index in [1.165, 1.54) is 31.4 Å². The quantitative estimate of drug-likeness (QED) is 0.845. The molecule has 2 N–H and O–H groups in total. The molecule has 0 heterocycles. The molecule has 0 aliphatic heterocycles. The molecule has 3 unspecified atom stereocenters. The first-order chi connectivity index (χ1) is 10.0. The van der Waals surface area contributed by atoms with Crippen molar-refractivity contribution in [3.8, 4) is 0 Å². The predicted molar refractivity (Wildman–Crippen MR) is 80.7 cm³/mol. The average molecular weight is 293 g/mol. The summed E-state index contributed by atoms with van der Waals surface area (Å²) in [6.07, 6.45) is 5.50. The van der Waals surface area contributed by atoms with E-state index < -0.39 is 5.97 Å². The van der Waals surface area contributed by atoms with Gasteiger partial charge in [0.05, 0.1) is 6.42 Å². The van der Waals surface area contributed by atoms with E-state index in [2.05, 4.69) is 12.2 Å². The standard InChI is InChI=1S/C17H24FNO2/c1-12-4-2-3-5-16(12)19-15(11-17(20)21)10-13-6-8-14(18)9-7-13/h6-9,12,15-16,19H,2-5,10-11H2,1H3,(H,20,21). The van der Waals surface area contributed by atoms with Gasteiger partial charge in [-0.3, -0.25) is 4.79 Å². The van der Waals surface area contributed by atoms with Crippen LogP contribution in [0, 0.1) is 11.7 Å². The summed E-state index contributed by atoms with van der Waals surface area (Å²) >= 11 is 0. The number of rotatable bonds is 6. The molecular formula is C17H24FNO2. The Morgan fingerprint density at radius 3 is 2.62 bits per heavy atom. The summed E-state index contributed by atoms with van der Waals surface area (Å²) in [4.78, 5) is 11.1. The van der Waals surface area contributed by atoms with Gasteiger partial charge in [0, 0.05) is 12.1 Å². The van der Waals surface area contributed by atoms with Crippen molar-refractivity contribution in [3.05, 3.63) is 35.6 Å². The maximum atomic E-state index is 12.9. The van der Waals surface area contributed by atoms with Gasteiger partial charge >= 0.3 is 5.97 Å². The molecule has 1 aliphatic rings. The lowest BCUT2D eigenvalue weighted by atomic mass is 9.85. The predicted octanol–water partition coefficient (Wildman–Crippen LogP) is 3.38. The zero-order chi connectivity index (χ0) is 15.2. The normalized spacial score (nSPS) is 23.7. The number of carbonyl (C=O) groups is 1. The van der Waals surface area contributed by atoms with Crippen LogP contribution in [0.4, 0.5) is 4.39 Å². The second kappa shape index (κ2) is 7.55. The van der Waals surface area contributed by atoms with E-state index in [1.807, 2.05) is 0 Å². The van der Waals surface area contributed by atoms with E-state index in [4.69, 9.17) is 5.11 Å². The number of carboxylic acid groups (broad SMARTS) is 1. The van der Waals surface area contributed by atoms with Crippen molar-refractivity contribution in [1.82, 2.24) is 5.32 Å². The molecule has 1 aliphatic carbocycles. The monoisotopic (exact) mass is 293 g/mol. The second-order valence-electron chi connectivity index (χ2n) is 6.16. The highest BCUT2D eigenvalue weighted by Crippen LogP contribution is 2.24. The minimum absolute atomic E-state index is 0.0978. The van der Waals surface area contributed by atoms with Gasteiger partial charge in [-0.2, -0.15) is 0 Å². The van der Waals surface area contributed by atoms with Gasteiger partial charge in [-0.15, -0.1) is 0 Å². The van der Waals surface area contributed by atoms with Crippen LogP contribution in [-0.4, -0.2) is 23.2 Å². The average Bonchev–Trinajstić information content (AvgIpc) is 2.43. The van der Waals surface area contributed by atoms with Crippen LogP contribution in [0.3, 0.4) is 0 Å². The van der Waals surface area contributed by atoms with E-state index in [9.17, 15) is 9.18 Å². The number of nitrogens with one attached hydrogen (secondary N) is 1. The molecule has 0 amide bonds. The summed E-state index contributed by atoms with van der Waals surface area (Å²) in [5.74, 6) is -0.469. The first-order valence-electron chi connectivity index (χ1n) is 7.77. The molecule has 2 rings (SSSR count). The van der Waals surface area contributed by atoms with Crippen molar-refractivity contribution in [2.45, 2.75) is 57.5 Å². The molecule has 0 aromatic heterocycles. The lowest BCUT2D eigenvalue weighted by Gasteiger charge is -2.33. The largest absolute Gasteiger partial charge is 0.481 e. The summed E-state index contributed by atoms with van der Waals surface area (Å²) < 4.78 is 12.9. The van der Waals surface area contributed by atoms with Crippen LogP contribution in [0.15, 0.2) is 24.3 Å². The fraction of sp³-hybridized carbons (Fsp3) is 0.588. The van der Waals surface area contributed by atoms with Crippen LogP contribution in [0.1, 0.15) is 44.6 Å². The van der Waals surface area contributed by atoms with Gasteiger partial charge in [0.2, 0.25) is 0 Å². The Kier molecular flexibility index (Phi) is 5.74. The molecule has 116 valence electrons. The van der Waals surface area contributed by atoms with Crippen LogP contribution in [0.5, 0.6) is 0 Å². The fourth-order valence-corrected chi connectivity index (χ4v) is 3.17. The van der Waals surface area contributed by atoms with Gasteiger partial charge in [0.1, 0.15) is 5.82 Å². The van der Waals surface area contributed by atoms with Gasteiger partial charge in [-0.1, -0.05) is 31.9 Å². The molecule has 1 fully saturated rings. The van der Waals surface area contributed by atoms with Gasteiger partial charge in [0.25, 0.3) is 0 Å². The van der Waals surface area contributed by atoms with Gasteiger partial charge < -0.3 is 10.4 Å². The number of hydrogen-bond acceptors (Lipinski definition) is 2. The van der Waals surface area contributed by atoms with E-state index in [0.717, 1.165) is 12.0 Å². The van der Waals surface area contributed by atoms with Gasteiger partial charge in [0.15, 0.2) is 0 Å². The molecule has 0 bridgehead atoms. The summed E-state index contributed by atoms with van der Waals surface area (Å²) in [7, 11) is 0.